The van der Waals surface area contributed by atoms with E-state index < -0.39 is 9.84 Å². The number of nitrogen functional groups attached to an aromatic ring is 1. The van der Waals surface area contributed by atoms with Crippen LogP contribution in [-0.2, 0) is 9.84 Å². The lowest BCUT2D eigenvalue weighted by Gasteiger charge is -2.02. The molecule has 5 heteroatoms. The third-order valence-electron chi connectivity index (χ3n) is 1.35. The first kappa shape index (κ1) is 9.54. The van der Waals surface area contributed by atoms with Gasteiger partial charge in [-0.05, 0) is 34.1 Å². The maximum Gasteiger partial charge on any atom is 0.176 e. The lowest BCUT2D eigenvalue weighted by molar-refractivity contribution is 0.601. The molecule has 0 amide bonds. The van der Waals surface area contributed by atoms with E-state index in [4.69, 9.17) is 5.73 Å². The molecule has 0 heterocycles. The van der Waals surface area contributed by atoms with E-state index in [1.165, 1.54) is 6.07 Å². The van der Waals surface area contributed by atoms with E-state index in [1.54, 1.807) is 12.1 Å². The Labute approximate surface area is 79.6 Å². The predicted molar refractivity (Wildman–Crippen MR) is 51.7 cm³/mol. The van der Waals surface area contributed by atoms with Crippen LogP contribution in [0.5, 0.6) is 0 Å². The lowest BCUT2D eigenvalue weighted by atomic mass is 10.3. The summed E-state index contributed by atoms with van der Waals surface area (Å²) >= 11 is 3.13. The van der Waals surface area contributed by atoms with Crippen molar-refractivity contribution in [1.82, 2.24) is 0 Å². The summed E-state index contributed by atoms with van der Waals surface area (Å²) in [6.45, 7) is 0. The Morgan fingerprint density at radius 2 is 2.00 bits per heavy atom. The first-order chi connectivity index (χ1) is 5.41. The number of hydrogen-bond donors (Lipinski definition) is 1. The van der Waals surface area contributed by atoms with Gasteiger partial charge in [0, 0.05) is 16.4 Å². The van der Waals surface area contributed by atoms with Gasteiger partial charge in [0.1, 0.15) is 0 Å². The van der Waals surface area contributed by atoms with Gasteiger partial charge >= 0.3 is 0 Å². The third kappa shape index (κ3) is 1.98. The van der Waals surface area contributed by atoms with Crippen LogP contribution in [0, 0.1) is 0 Å². The van der Waals surface area contributed by atoms with Crippen molar-refractivity contribution < 1.29 is 8.42 Å². The number of rotatable bonds is 1. The van der Waals surface area contributed by atoms with E-state index in [1.807, 2.05) is 0 Å². The molecule has 66 valence electrons. The average Bonchev–Trinajstić information content (AvgIpc) is 1.92. The quantitative estimate of drug-likeness (QED) is 0.767. The number of halogens is 1. The van der Waals surface area contributed by atoms with Crippen molar-refractivity contribution in [2.24, 2.45) is 0 Å². The molecule has 3 nitrogen and oxygen atoms in total. The van der Waals surface area contributed by atoms with E-state index >= 15 is 0 Å². The van der Waals surface area contributed by atoms with Crippen LogP contribution in [0.2, 0.25) is 0 Å². The molecule has 0 spiro atoms. The maximum atomic E-state index is 11.1. The van der Waals surface area contributed by atoms with Crippen LogP contribution in [0.25, 0.3) is 0 Å². The summed E-state index contributed by atoms with van der Waals surface area (Å²) in [6, 6.07) is 4.68. The summed E-state index contributed by atoms with van der Waals surface area (Å²) in [6.07, 6.45) is 1.15. The Morgan fingerprint density at radius 1 is 1.42 bits per heavy atom. The van der Waals surface area contributed by atoms with Crippen molar-refractivity contribution in [3.05, 3.63) is 22.7 Å². The zero-order valence-corrected chi connectivity index (χ0v) is 8.81. The van der Waals surface area contributed by atoms with Gasteiger partial charge in [-0.15, -0.1) is 0 Å². The van der Waals surface area contributed by atoms with Crippen molar-refractivity contribution in [3.8, 4) is 0 Å². The van der Waals surface area contributed by atoms with Gasteiger partial charge in [0.2, 0.25) is 0 Å². The van der Waals surface area contributed by atoms with Crippen molar-refractivity contribution in [3.63, 3.8) is 0 Å². The third-order valence-corrected chi connectivity index (χ3v) is 3.45. The number of benzene rings is 1. The van der Waals surface area contributed by atoms with E-state index in [-0.39, 0.29) is 4.90 Å². The largest absolute Gasteiger partial charge is 0.399 e. The Hall–Kier alpha value is -0.550. The highest BCUT2D eigenvalue weighted by Gasteiger charge is 2.11. The van der Waals surface area contributed by atoms with Crippen molar-refractivity contribution in [2.45, 2.75) is 4.90 Å². The number of sulfone groups is 1. The number of anilines is 1. The summed E-state index contributed by atoms with van der Waals surface area (Å²) in [4.78, 5) is 0.225. The maximum absolute atomic E-state index is 11.1. The Kier molecular flexibility index (Phi) is 2.44. The molecule has 0 aliphatic rings. The zero-order chi connectivity index (χ0) is 9.35. The summed E-state index contributed by atoms with van der Waals surface area (Å²) in [5, 5.41) is 0. The van der Waals surface area contributed by atoms with Gasteiger partial charge in [-0.3, -0.25) is 0 Å². The second kappa shape index (κ2) is 3.06. The van der Waals surface area contributed by atoms with E-state index in [0.29, 0.717) is 10.2 Å². The molecule has 0 fully saturated rings. The highest BCUT2D eigenvalue weighted by molar-refractivity contribution is 9.10. The molecule has 0 saturated heterocycles. The molecule has 0 aliphatic heterocycles. The van der Waals surface area contributed by atoms with Crippen molar-refractivity contribution >= 4 is 31.5 Å². The highest BCUT2D eigenvalue weighted by Crippen LogP contribution is 2.23. The molecule has 0 atom stereocenters. The first-order valence-corrected chi connectivity index (χ1v) is 5.85. The highest BCUT2D eigenvalue weighted by atomic mass is 79.9. The smallest absolute Gasteiger partial charge is 0.176 e. The fraction of sp³-hybridized carbons (Fsp3) is 0.143. The Morgan fingerprint density at radius 3 is 2.42 bits per heavy atom. The molecule has 1 aromatic rings. The van der Waals surface area contributed by atoms with Gasteiger partial charge in [0.15, 0.2) is 9.84 Å². The van der Waals surface area contributed by atoms with Crippen LogP contribution < -0.4 is 5.73 Å². The summed E-state index contributed by atoms with van der Waals surface area (Å²) in [5.74, 6) is 0. The molecule has 0 saturated carbocycles. The van der Waals surface area contributed by atoms with E-state index in [2.05, 4.69) is 15.9 Å². The molecule has 0 aromatic heterocycles. The fourth-order valence-electron chi connectivity index (χ4n) is 0.804. The van der Waals surface area contributed by atoms with Gasteiger partial charge < -0.3 is 5.73 Å². The summed E-state index contributed by atoms with van der Waals surface area (Å²) < 4.78 is 22.8. The molecule has 12 heavy (non-hydrogen) atoms. The van der Waals surface area contributed by atoms with Crippen LogP contribution in [0.4, 0.5) is 5.69 Å². The van der Waals surface area contributed by atoms with Gasteiger partial charge in [0.25, 0.3) is 0 Å². The lowest BCUT2D eigenvalue weighted by Crippen LogP contribution is -1.99. The first-order valence-electron chi connectivity index (χ1n) is 3.16. The molecule has 0 bridgehead atoms. The van der Waals surface area contributed by atoms with E-state index in [0.717, 1.165) is 6.26 Å². The minimum Gasteiger partial charge on any atom is -0.399 e. The van der Waals surface area contributed by atoms with Gasteiger partial charge in [-0.25, -0.2) is 8.42 Å². The molecule has 1 aromatic carbocycles. The summed E-state index contributed by atoms with van der Waals surface area (Å²) in [5.41, 5.74) is 5.88. The topological polar surface area (TPSA) is 60.2 Å². The summed E-state index contributed by atoms with van der Waals surface area (Å²) in [7, 11) is -3.18. The van der Waals surface area contributed by atoms with Crippen molar-refractivity contribution in [2.75, 3.05) is 12.0 Å². The second-order valence-corrected chi connectivity index (χ2v) is 5.30. The minimum absolute atomic E-state index is 0.225. The average molecular weight is 250 g/mol. The van der Waals surface area contributed by atoms with Crippen molar-refractivity contribution in [1.29, 1.82) is 0 Å². The molecule has 0 aliphatic carbocycles. The van der Waals surface area contributed by atoms with Crippen LogP contribution in [0.15, 0.2) is 27.6 Å². The molecule has 0 radical (unpaired) electrons. The predicted octanol–water partition coefficient (Wildman–Crippen LogP) is 1.43. The van der Waals surface area contributed by atoms with Gasteiger partial charge in [0.05, 0.1) is 4.90 Å². The van der Waals surface area contributed by atoms with Crippen LogP contribution in [0.3, 0.4) is 0 Å². The monoisotopic (exact) mass is 249 g/mol. The van der Waals surface area contributed by atoms with Crippen LogP contribution >= 0.6 is 15.9 Å². The van der Waals surface area contributed by atoms with Gasteiger partial charge in [-0.2, -0.15) is 0 Å². The standard InChI is InChI=1S/C7H8BrNO2S/c1-12(10,11)7-4-5(9)2-3-6(7)8/h2-4H,9H2,1H3. The van der Waals surface area contributed by atoms with Gasteiger partial charge in [-0.1, -0.05) is 0 Å². The van der Waals surface area contributed by atoms with Crippen LogP contribution in [0.1, 0.15) is 0 Å². The molecule has 2 N–H and O–H groups in total. The normalized spacial score (nSPS) is 11.5. The fourth-order valence-corrected chi connectivity index (χ4v) is 2.71. The zero-order valence-electron chi connectivity index (χ0n) is 6.41. The van der Waals surface area contributed by atoms with E-state index in [9.17, 15) is 8.42 Å². The number of nitrogens with two attached hydrogens (primary N) is 1. The molecule has 0 unspecified atom stereocenters. The Bertz CT molecular complexity index is 400. The molecular weight excluding hydrogens is 242 g/mol. The SMILES string of the molecule is CS(=O)(=O)c1cc(N)ccc1Br. The molecule has 1 rings (SSSR count). The number of hydrogen-bond acceptors (Lipinski definition) is 3. The Balaban J connectivity index is 3.43. The molecular formula is C7H8BrNO2S. The van der Waals surface area contributed by atoms with Crippen LogP contribution in [-0.4, -0.2) is 14.7 Å². The minimum atomic E-state index is -3.18. The second-order valence-electron chi connectivity index (χ2n) is 2.46.